The Kier molecular flexibility index (Phi) is 2.56. The van der Waals surface area contributed by atoms with Crippen LogP contribution in [0.4, 0.5) is 5.69 Å². The molecule has 2 N–H and O–H groups in total. The van der Waals surface area contributed by atoms with E-state index in [2.05, 4.69) is 0 Å². The number of thiophene rings is 1. The predicted molar refractivity (Wildman–Crippen MR) is 63.3 cm³/mol. The highest BCUT2D eigenvalue weighted by molar-refractivity contribution is 7.08. The van der Waals surface area contributed by atoms with E-state index in [1.54, 1.807) is 6.07 Å². The number of anilines is 1. The fourth-order valence-corrected chi connectivity index (χ4v) is 2.05. The Morgan fingerprint density at radius 2 is 2.13 bits per heavy atom. The molecule has 0 aliphatic heterocycles. The molecule has 0 radical (unpaired) electrons. The molecule has 0 aliphatic rings. The molecular weight excluding hydrogens is 206 g/mol. The van der Waals surface area contributed by atoms with Crippen LogP contribution >= 0.6 is 11.3 Å². The van der Waals surface area contributed by atoms with Gasteiger partial charge in [0.25, 0.3) is 0 Å². The summed E-state index contributed by atoms with van der Waals surface area (Å²) >= 11 is 1.51. The second-order valence-electron chi connectivity index (χ2n) is 3.43. The molecule has 0 aliphatic carbocycles. The molecule has 0 atom stereocenters. The van der Waals surface area contributed by atoms with E-state index in [4.69, 9.17) is 5.73 Å². The lowest BCUT2D eigenvalue weighted by molar-refractivity contribution is 0.104. The maximum Gasteiger partial charge on any atom is 0.195 e. The van der Waals surface area contributed by atoms with Gasteiger partial charge in [0.2, 0.25) is 0 Å². The summed E-state index contributed by atoms with van der Waals surface area (Å²) in [5.74, 6) is -0.00236. The number of nitrogens with two attached hydrogens (primary N) is 1. The molecule has 0 bridgehead atoms. The van der Waals surface area contributed by atoms with E-state index in [0.29, 0.717) is 16.8 Å². The smallest absolute Gasteiger partial charge is 0.195 e. The summed E-state index contributed by atoms with van der Waals surface area (Å²) in [6, 6.07) is 7.32. The molecule has 0 saturated heterocycles. The van der Waals surface area contributed by atoms with Gasteiger partial charge in [-0.3, -0.25) is 4.79 Å². The molecule has 1 aromatic heterocycles. The summed E-state index contributed by atoms with van der Waals surface area (Å²) in [7, 11) is 0. The lowest BCUT2D eigenvalue weighted by Crippen LogP contribution is -2.04. The SMILES string of the molecule is Cc1ccc(N)c(C(=O)c2ccsc2)c1. The monoisotopic (exact) mass is 217 g/mol. The third kappa shape index (κ3) is 1.92. The summed E-state index contributed by atoms with van der Waals surface area (Å²) in [6.45, 7) is 1.95. The van der Waals surface area contributed by atoms with E-state index >= 15 is 0 Å². The van der Waals surface area contributed by atoms with Gasteiger partial charge in [-0.1, -0.05) is 11.6 Å². The normalized spacial score (nSPS) is 10.2. The zero-order valence-corrected chi connectivity index (χ0v) is 9.17. The van der Waals surface area contributed by atoms with Crippen molar-refractivity contribution in [3.8, 4) is 0 Å². The maximum absolute atomic E-state index is 12.0. The molecule has 1 aromatic carbocycles. The molecule has 1 heterocycles. The fraction of sp³-hybridized carbons (Fsp3) is 0.0833. The molecule has 0 unspecified atom stereocenters. The number of carbonyl (C=O) groups excluding carboxylic acids is 1. The van der Waals surface area contributed by atoms with Crippen LogP contribution in [0, 0.1) is 6.92 Å². The van der Waals surface area contributed by atoms with Crippen LogP contribution in [0.15, 0.2) is 35.0 Å². The van der Waals surface area contributed by atoms with Gasteiger partial charge in [0.1, 0.15) is 0 Å². The van der Waals surface area contributed by atoms with Crippen LogP contribution in [-0.4, -0.2) is 5.78 Å². The molecule has 2 nitrogen and oxygen atoms in total. The third-order valence-corrected chi connectivity index (χ3v) is 2.92. The second-order valence-corrected chi connectivity index (χ2v) is 4.21. The van der Waals surface area contributed by atoms with Crippen molar-refractivity contribution >= 4 is 22.8 Å². The number of ketones is 1. The minimum atomic E-state index is -0.00236. The van der Waals surface area contributed by atoms with Crippen LogP contribution < -0.4 is 5.73 Å². The molecule has 0 spiro atoms. The van der Waals surface area contributed by atoms with Gasteiger partial charge in [-0.2, -0.15) is 11.3 Å². The molecule has 3 heteroatoms. The van der Waals surface area contributed by atoms with Crippen LogP contribution in [0.3, 0.4) is 0 Å². The average molecular weight is 217 g/mol. The van der Waals surface area contributed by atoms with E-state index in [9.17, 15) is 4.79 Å². The van der Waals surface area contributed by atoms with E-state index in [0.717, 1.165) is 5.56 Å². The fourth-order valence-electron chi connectivity index (χ4n) is 1.42. The van der Waals surface area contributed by atoms with Crippen molar-refractivity contribution in [1.29, 1.82) is 0 Å². The van der Waals surface area contributed by atoms with Gasteiger partial charge in [0.05, 0.1) is 0 Å². The first-order valence-corrected chi connectivity index (χ1v) is 5.56. The third-order valence-electron chi connectivity index (χ3n) is 2.24. The Balaban J connectivity index is 2.46. The first-order valence-electron chi connectivity index (χ1n) is 4.61. The van der Waals surface area contributed by atoms with Crippen LogP contribution in [0.25, 0.3) is 0 Å². The van der Waals surface area contributed by atoms with Crippen molar-refractivity contribution in [1.82, 2.24) is 0 Å². The van der Waals surface area contributed by atoms with Gasteiger partial charge < -0.3 is 5.73 Å². The lowest BCUT2D eigenvalue weighted by Gasteiger charge is -2.04. The Morgan fingerprint density at radius 3 is 2.80 bits per heavy atom. The predicted octanol–water partition coefficient (Wildman–Crippen LogP) is 2.87. The first kappa shape index (κ1) is 9.93. The quantitative estimate of drug-likeness (QED) is 0.621. The Labute approximate surface area is 92.4 Å². The molecule has 0 fully saturated rings. The highest BCUT2D eigenvalue weighted by Gasteiger charge is 2.12. The van der Waals surface area contributed by atoms with Crippen molar-refractivity contribution in [3.05, 3.63) is 51.7 Å². The summed E-state index contributed by atoms with van der Waals surface area (Å²) in [4.78, 5) is 12.0. The van der Waals surface area contributed by atoms with Gasteiger partial charge in [-0.25, -0.2) is 0 Å². The number of rotatable bonds is 2. The Hall–Kier alpha value is -1.61. The van der Waals surface area contributed by atoms with E-state index < -0.39 is 0 Å². The minimum absolute atomic E-state index is 0.00236. The first-order chi connectivity index (χ1) is 7.18. The summed E-state index contributed by atoms with van der Waals surface area (Å²) in [6.07, 6.45) is 0. The zero-order chi connectivity index (χ0) is 10.8. The Morgan fingerprint density at radius 1 is 1.33 bits per heavy atom. The van der Waals surface area contributed by atoms with Crippen molar-refractivity contribution in [2.24, 2.45) is 0 Å². The summed E-state index contributed by atoms with van der Waals surface area (Å²) in [5.41, 5.74) is 8.66. The zero-order valence-electron chi connectivity index (χ0n) is 8.36. The van der Waals surface area contributed by atoms with Crippen LogP contribution in [-0.2, 0) is 0 Å². The van der Waals surface area contributed by atoms with E-state index in [1.165, 1.54) is 11.3 Å². The van der Waals surface area contributed by atoms with Crippen LogP contribution in [0.5, 0.6) is 0 Å². The molecule has 0 amide bonds. The highest BCUT2D eigenvalue weighted by Crippen LogP contribution is 2.19. The lowest BCUT2D eigenvalue weighted by atomic mass is 10.0. The second kappa shape index (κ2) is 3.87. The van der Waals surface area contributed by atoms with Crippen LogP contribution in [0.2, 0.25) is 0 Å². The molecular formula is C12H11NOS. The van der Waals surface area contributed by atoms with E-state index in [-0.39, 0.29) is 5.78 Å². The van der Waals surface area contributed by atoms with Crippen LogP contribution in [0.1, 0.15) is 21.5 Å². The highest BCUT2D eigenvalue weighted by atomic mass is 32.1. The number of benzene rings is 1. The standard InChI is InChI=1S/C12H11NOS/c1-8-2-3-11(13)10(6-8)12(14)9-4-5-15-7-9/h2-7H,13H2,1H3. The number of aryl methyl sites for hydroxylation is 1. The summed E-state index contributed by atoms with van der Waals surface area (Å²) in [5, 5.41) is 3.73. The van der Waals surface area contributed by atoms with Gasteiger partial charge in [-0.05, 0) is 30.5 Å². The largest absolute Gasteiger partial charge is 0.398 e. The van der Waals surface area contributed by atoms with Gasteiger partial charge in [0.15, 0.2) is 5.78 Å². The summed E-state index contributed by atoms with van der Waals surface area (Å²) < 4.78 is 0. The van der Waals surface area contributed by atoms with E-state index in [1.807, 2.05) is 35.9 Å². The molecule has 2 aromatic rings. The van der Waals surface area contributed by atoms with Crippen molar-refractivity contribution in [2.45, 2.75) is 6.92 Å². The molecule has 76 valence electrons. The minimum Gasteiger partial charge on any atom is -0.398 e. The van der Waals surface area contributed by atoms with Crippen molar-refractivity contribution < 1.29 is 4.79 Å². The molecule has 2 rings (SSSR count). The Bertz CT molecular complexity index is 488. The van der Waals surface area contributed by atoms with Gasteiger partial charge >= 0.3 is 0 Å². The van der Waals surface area contributed by atoms with Crippen molar-refractivity contribution in [3.63, 3.8) is 0 Å². The number of nitrogen functional groups attached to an aromatic ring is 1. The number of hydrogen-bond donors (Lipinski definition) is 1. The molecule has 15 heavy (non-hydrogen) atoms. The average Bonchev–Trinajstić information content (AvgIpc) is 2.74. The van der Waals surface area contributed by atoms with Crippen molar-refractivity contribution in [2.75, 3.05) is 5.73 Å². The number of carbonyl (C=O) groups is 1. The number of hydrogen-bond acceptors (Lipinski definition) is 3. The molecule has 0 saturated carbocycles. The van der Waals surface area contributed by atoms with Gasteiger partial charge in [0, 0.05) is 22.2 Å². The van der Waals surface area contributed by atoms with Gasteiger partial charge in [-0.15, -0.1) is 0 Å². The maximum atomic E-state index is 12.0. The topological polar surface area (TPSA) is 43.1 Å².